The summed E-state index contributed by atoms with van der Waals surface area (Å²) in [5.41, 5.74) is 2.43. The number of carbonyl (C=O) groups is 2. The highest BCUT2D eigenvalue weighted by atomic mass is 16.5. The Hall–Kier alpha value is -3.09. The van der Waals surface area contributed by atoms with E-state index in [0.717, 1.165) is 16.7 Å². The lowest BCUT2D eigenvalue weighted by molar-refractivity contribution is -0.130. The molecule has 0 fully saturated rings. The predicted molar refractivity (Wildman–Crippen MR) is 88.7 cm³/mol. The van der Waals surface area contributed by atoms with Crippen LogP contribution < -0.4 is 10.1 Å². The van der Waals surface area contributed by atoms with Crippen molar-refractivity contribution in [2.75, 3.05) is 20.7 Å². The highest BCUT2D eigenvalue weighted by Crippen LogP contribution is 2.30. The van der Waals surface area contributed by atoms with Crippen molar-refractivity contribution in [3.05, 3.63) is 48.3 Å². The number of pyridine rings is 1. The predicted octanol–water partition coefficient (Wildman–Crippen LogP) is 1.98. The molecule has 0 aliphatic heterocycles. The van der Waals surface area contributed by atoms with Gasteiger partial charge in [0.05, 0.1) is 0 Å². The SMILES string of the molecule is CN(C)C(=O)COc1ccc(CNC(=O)O)cc1-c1ccncc1. The number of carbonyl (C=O) groups excluding carboxylic acids is 1. The summed E-state index contributed by atoms with van der Waals surface area (Å²) in [6.45, 7) is 0.113. The van der Waals surface area contributed by atoms with Crippen molar-refractivity contribution < 1.29 is 19.4 Å². The van der Waals surface area contributed by atoms with Gasteiger partial charge in [-0.15, -0.1) is 0 Å². The highest BCUT2D eigenvalue weighted by molar-refractivity contribution is 5.78. The van der Waals surface area contributed by atoms with E-state index in [1.54, 1.807) is 38.6 Å². The minimum atomic E-state index is -1.09. The van der Waals surface area contributed by atoms with Gasteiger partial charge in [0.1, 0.15) is 5.75 Å². The maximum absolute atomic E-state index is 11.7. The number of likely N-dealkylation sites (N-methyl/N-ethyl adjacent to an activating group) is 1. The fourth-order valence-electron chi connectivity index (χ4n) is 2.02. The molecule has 0 atom stereocenters. The van der Waals surface area contributed by atoms with Crippen LogP contribution in [0, 0.1) is 0 Å². The first-order valence-corrected chi connectivity index (χ1v) is 7.30. The summed E-state index contributed by atoms with van der Waals surface area (Å²) >= 11 is 0. The fourth-order valence-corrected chi connectivity index (χ4v) is 2.02. The van der Waals surface area contributed by atoms with Crippen molar-refractivity contribution in [1.29, 1.82) is 0 Å². The van der Waals surface area contributed by atoms with Crippen molar-refractivity contribution in [1.82, 2.24) is 15.2 Å². The number of hydrogen-bond acceptors (Lipinski definition) is 4. The van der Waals surface area contributed by atoms with Crippen LogP contribution in [0.1, 0.15) is 5.56 Å². The van der Waals surface area contributed by atoms with E-state index in [0.29, 0.717) is 5.75 Å². The smallest absolute Gasteiger partial charge is 0.404 e. The summed E-state index contributed by atoms with van der Waals surface area (Å²) in [4.78, 5) is 27.8. The van der Waals surface area contributed by atoms with E-state index in [4.69, 9.17) is 9.84 Å². The quantitative estimate of drug-likeness (QED) is 0.845. The number of rotatable bonds is 6. The molecule has 2 rings (SSSR count). The van der Waals surface area contributed by atoms with Crippen LogP contribution in [0.25, 0.3) is 11.1 Å². The summed E-state index contributed by atoms with van der Waals surface area (Å²) < 4.78 is 5.65. The number of hydrogen-bond donors (Lipinski definition) is 2. The summed E-state index contributed by atoms with van der Waals surface area (Å²) in [6.07, 6.45) is 2.23. The lowest BCUT2D eigenvalue weighted by atomic mass is 10.0. The van der Waals surface area contributed by atoms with E-state index in [2.05, 4.69) is 10.3 Å². The molecule has 1 aromatic heterocycles. The maximum Gasteiger partial charge on any atom is 0.404 e. The van der Waals surface area contributed by atoms with Gasteiger partial charge in [0.25, 0.3) is 5.91 Å². The van der Waals surface area contributed by atoms with E-state index in [9.17, 15) is 9.59 Å². The third-order valence-electron chi connectivity index (χ3n) is 3.33. The molecule has 0 radical (unpaired) electrons. The molecule has 126 valence electrons. The summed E-state index contributed by atoms with van der Waals surface area (Å²) in [7, 11) is 3.33. The molecule has 1 aromatic carbocycles. The molecular weight excluding hydrogens is 310 g/mol. The first-order valence-electron chi connectivity index (χ1n) is 7.30. The Bertz CT molecular complexity index is 717. The van der Waals surface area contributed by atoms with Gasteiger partial charge < -0.3 is 20.1 Å². The number of nitrogens with one attached hydrogen (secondary N) is 1. The Morgan fingerprint density at radius 2 is 1.92 bits per heavy atom. The van der Waals surface area contributed by atoms with Gasteiger partial charge in [0, 0.05) is 38.6 Å². The molecule has 0 unspecified atom stereocenters. The van der Waals surface area contributed by atoms with Crippen molar-refractivity contribution in [2.45, 2.75) is 6.54 Å². The highest BCUT2D eigenvalue weighted by Gasteiger charge is 2.11. The van der Waals surface area contributed by atoms with Crippen LogP contribution in [0.3, 0.4) is 0 Å². The largest absolute Gasteiger partial charge is 0.483 e. The average molecular weight is 329 g/mol. The maximum atomic E-state index is 11.7. The van der Waals surface area contributed by atoms with Gasteiger partial charge in [-0.2, -0.15) is 0 Å². The number of nitrogens with zero attached hydrogens (tertiary/aromatic N) is 2. The van der Waals surface area contributed by atoms with Crippen molar-refractivity contribution in [3.8, 4) is 16.9 Å². The first-order chi connectivity index (χ1) is 11.5. The molecule has 2 N–H and O–H groups in total. The van der Waals surface area contributed by atoms with Crippen molar-refractivity contribution in [3.63, 3.8) is 0 Å². The molecule has 24 heavy (non-hydrogen) atoms. The minimum Gasteiger partial charge on any atom is -0.483 e. The van der Waals surface area contributed by atoms with Crippen LogP contribution in [0.2, 0.25) is 0 Å². The van der Waals surface area contributed by atoms with E-state index >= 15 is 0 Å². The van der Waals surface area contributed by atoms with E-state index in [1.807, 2.05) is 18.2 Å². The molecule has 2 amide bonds. The van der Waals surface area contributed by atoms with Crippen LogP contribution in [0.15, 0.2) is 42.7 Å². The molecule has 0 spiro atoms. The van der Waals surface area contributed by atoms with Gasteiger partial charge in [-0.05, 0) is 35.4 Å². The van der Waals surface area contributed by atoms with Crippen molar-refractivity contribution >= 4 is 12.0 Å². The van der Waals surface area contributed by atoms with Gasteiger partial charge in [0.15, 0.2) is 6.61 Å². The van der Waals surface area contributed by atoms with E-state index in [1.165, 1.54) is 4.90 Å². The third kappa shape index (κ3) is 4.70. The molecule has 1 heterocycles. The molecule has 0 saturated carbocycles. The third-order valence-corrected chi connectivity index (χ3v) is 3.33. The summed E-state index contributed by atoms with van der Waals surface area (Å²) in [5.74, 6) is 0.405. The Balaban J connectivity index is 2.28. The Kier molecular flexibility index (Phi) is 5.73. The molecule has 2 aromatic rings. The van der Waals surface area contributed by atoms with E-state index in [-0.39, 0.29) is 19.1 Å². The summed E-state index contributed by atoms with van der Waals surface area (Å²) in [6, 6.07) is 8.98. The van der Waals surface area contributed by atoms with Crippen LogP contribution in [-0.4, -0.2) is 47.7 Å². The Morgan fingerprint density at radius 1 is 1.21 bits per heavy atom. The van der Waals surface area contributed by atoms with Crippen LogP contribution in [-0.2, 0) is 11.3 Å². The van der Waals surface area contributed by atoms with Crippen LogP contribution in [0.5, 0.6) is 5.75 Å². The van der Waals surface area contributed by atoms with Gasteiger partial charge >= 0.3 is 6.09 Å². The second-order valence-corrected chi connectivity index (χ2v) is 5.30. The second kappa shape index (κ2) is 7.96. The zero-order valence-electron chi connectivity index (χ0n) is 13.5. The number of benzene rings is 1. The monoisotopic (exact) mass is 329 g/mol. The van der Waals surface area contributed by atoms with E-state index < -0.39 is 6.09 Å². The minimum absolute atomic E-state index is 0.0716. The fraction of sp³-hybridized carbons (Fsp3) is 0.235. The van der Waals surface area contributed by atoms with Gasteiger partial charge in [-0.25, -0.2) is 4.79 Å². The zero-order valence-corrected chi connectivity index (χ0v) is 13.5. The topological polar surface area (TPSA) is 91.8 Å². The van der Waals surface area contributed by atoms with Gasteiger partial charge in [-0.1, -0.05) is 6.07 Å². The van der Waals surface area contributed by atoms with Gasteiger partial charge in [0.2, 0.25) is 0 Å². The second-order valence-electron chi connectivity index (χ2n) is 5.30. The molecule has 0 bridgehead atoms. The number of ether oxygens (including phenoxy) is 1. The molecule has 7 heteroatoms. The van der Waals surface area contributed by atoms with Crippen LogP contribution >= 0.6 is 0 Å². The van der Waals surface area contributed by atoms with Crippen LogP contribution in [0.4, 0.5) is 4.79 Å². The lowest BCUT2D eigenvalue weighted by Gasteiger charge is -2.15. The molecule has 7 nitrogen and oxygen atoms in total. The average Bonchev–Trinajstić information content (AvgIpc) is 2.58. The Labute approximate surface area is 139 Å². The molecule has 0 aliphatic carbocycles. The standard InChI is InChI=1S/C17H19N3O4/c1-20(2)16(21)11-24-15-4-3-12(10-19-17(22)23)9-14(15)13-5-7-18-8-6-13/h3-9,19H,10-11H2,1-2H3,(H,22,23). The lowest BCUT2D eigenvalue weighted by Crippen LogP contribution is -2.27. The Morgan fingerprint density at radius 3 is 2.54 bits per heavy atom. The summed E-state index contributed by atoms with van der Waals surface area (Å²) in [5, 5.41) is 11.1. The zero-order chi connectivity index (χ0) is 17.5. The first kappa shape index (κ1) is 17.3. The van der Waals surface area contributed by atoms with Crippen molar-refractivity contribution in [2.24, 2.45) is 0 Å². The normalized spacial score (nSPS) is 10.1. The molecular formula is C17H19N3O4. The van der Waals surface area contributed by atoms with Gasteiger partial charge in [-0.3, -0.25) is 9.78 Å². The molecule has 0 saturated heterocycles. The number of amides is 2. The number of aromatic nitrogens is 1. The molecule has 0 aliphatic rings. The number of carboxylic acid groups (broad SMARTS) is 1.